The summed E-state index contributed by atoms with van der Waals surface area (Å²) in [5, 5.41) is 4.78. The molecule has 0 bridgehead atoms. The third-order valence-electron chi connectivity index (χ3n) is 3.24. The first-order chi connectivity index (χ1) is 9.13. The summed E-state index contributed by atoms with van der Waals surface area (Å²) >= 11 is 3.75. The Morgan fingerprint density at radius 3 is 2.89 bits per heavy atom. The van der Waals surface area contributed by atoms with Crippen LogP contribution in [0.4, 0.5) is 0 Å². The van der Waals surface area contributed by atoms with Crippen LogP contribution in [0.1, 0.15) is 39.1 Å². The van der Waals surface area contributed by atoms with Gasteiger partial charge < -0.3 is 0 Å². The van der Waals surface area contributed by atoms with E-state index in [1.165, 1.54) is 0 Å². The lowest BCUT2D eigenvalue weighted by Gasteiger charge is -2.28. The number of Topliss-reactive ketones (excluding diaryl/α,β-unsaturated/α-hetero) is 1. The van der Waals surface area contributed by atoms with E-state index in [4.69, 9.17) is 0 Å². The van der Waals surface area contributed by atoms with Crippen LogP contribution < -0.4 is 0 Å². The average molecular weight is 299 g/mol. The fourth-order valence-electron chi connectivity index (χ4n) is 2.29. The van der Waals surface area contributed by atoms with Crippen molar-refractivity contribution in [3.8, 4) is 0 Å². The third kappa shape index (κ3) is 3.54. The normalized spacial score (nSPS) is 23.8. The van der Waals surface area contributed by atoms with Crippen LogP contribution >= 0.6 is 23.5 Å². The van der Waals surface area contributed by atoms with Gasteiger partial charge in [0.05, 0.1) is 11.7 Å². The third-order valence-corrected chi connectivity index (χ3v) is 6.53. The van der Waals surface area contributed by atoms with E-state index < -0.39 is 0 Å². The predicted molar refractivity (Wildman–Crippen MR) is 81.9 cm³/mol. The van der Waals surface area contributed by atoms with Crippen molar-refractivity contribution in [3.63, 3.8) is 0 Å². The summed E-state index contributed by atoms with van der Waals surface area (Å²) in [6.07, 6.45) is 3.01. The minimum absolute atomic E-state index is 0.126. The van der Waals surface area contributed by atoms with Crippen LogP contribution in [0.3, 0.4) is 0 Å². The second-order valence-electron chi connectivity index (χ2n) is 4.97. The van der Waals surface area contributed by atoms with Gasteiger partial charge in [-0.15, -0.1) is 11.8 Å². The first-order valence-electron chi connectivity index (χ1n) is 6.77. The van der Waals surface area contributed by atoms with E-state index in [-0.39, 0.29) is 11.3 Å². The molecule has 0 saturated carbocycles. The van der Waals surface area contributed by atoms with E-state index in [0.29, 0.717) is 17.5 Å². The number of hydrogen-bond acceptors (Lipinski definition) is 5. The first kappa shape index (κ1) is 14.9. The van der Waals surface area contributed by atoms with Gasteiger partial charge in [0.25, 0.3) is 0 Å². The van der Waals surface area contributed by atoms with E-state index in [1.54, 1.807) is 6.33 Å². The fourth-order valence-corrected chi connectivity index (χ4v) is 5.33. The van der Waals surface area contributed by atoms with Crippen LogP contribution in [0.15, 0.2) is 6.33 Å². The number of aromatic nitrogens is 3. The van der Waals surface area contributed by atoms with Crippen LogP contribution in [0.2, 0.25) is 0 Å². The molecule has 0 radical (unpaired) electrons. The van der Waals surface area contributed by atoms with Gasteiger partial charge in [0.1, 0.15) is 12.2 Å². The maximum Gasteiger partial charge on any atom is 0.154 e. The summed E-state index contributed by atoms with van der Waals surface area (Å²) in [6, 6.07) is 0.251. The van der Waals surface area contributed by atoms with Crippen LogP contribution in [-0.4, -0.2) is 42.6 Å². The smallest absolute Gasteiger partial charge is 0.154 e. The number of carbonyl (C=O) groups excluding carboxylic acids is 1. The first-order valence-corrected chi connectivity index (χ1v) is 8.87. The standard InChI is InChI=1S/C13H21N3OS2/c1-4-11-13(19-6-5-18-11)10(17)7-12-14-8-15-16(12)9(2)3/h8-9,11,13H,4-7H2,1-3H3. The van der Waals surface area contributed by atoms with E-state index in [1.807, 2.05) is 28.2 Å². The number of thioether (sulfide) groups is 2. The molecule has 0 spiro atoms. The Labute approximate surface area is 123 Å². The Kier molecular flexibility index (Phi) is 5.33. The van der Waals surface area contributed by atoms with Crippen molar-refractivity contribution >= 4 is 29.3 Å². The minimum Gasteiger partial charge on any atom is -0.298 e. The van der Waals surface area contributed by atoms with Crippen LogP contribution in [0.25, 0.3) is 0 Å². The van der Waals surface area contributed by atoms with E-state index in [2.05, 4.69) is 30.9 Å². The number of hydrogen-bond donors (Lipinski definition) is 0. The van der Waals surface area contributed by atoms with Gasteiger partial charge in [0, 0.05) is 22.8 Å². The van der Waals surface area contributed by atoms with Gasteiger partial charge in [-0.3, -0.25) is 4.79 Å². The molecule has 106 valence electrons. The van der Waals surface area contributed by atoms with Gasteiger partial charge in [-0.2, -0.15) is 16.9 Å². The summed E-state index contributed by atoms with van der Waals surface area (Å²) in [5.41, 5.74) is 0. The van der Waals surface area contributed by atoms with Gasteiger partial charge in [-0.25, -0.2) is 9.67 Å². The average Bonchev–Trinajstić information content (AvgIpc) is 2.87. The molecule has 1 saturated heterocycles. The monoisotopic (exact) mass is 299 g/mol. The van der Waals surface area contributed by atoms with E-state index in [0.717, 1.165) is 23.8 Å². The molecule has 0 N–H and O–H groups in total. The lowest BCUT2D eigenvalue weighted by atomic mass is 10.1. The molecule has 1 fully saturated rings. The zero-order valence-corrected chi connectivity index (χ0v) is 13.3. The van der Waals surface area contributed by atoms with Gasteiger partial charge in [0.15, 0.2) is 5.78 Å². The minimum atomic E-state index is 0.126. The highest BCUT2D eigenvalue weighted by Gasteiger charge is 2.31. The second kappa shape index (κ2) is 6.79. The summed E-state index contributed by atoms with van der Waals surface area (Å²) in [6.45, 7) is 6.28. The Morgan fingerprint density at radius 1 is 1.47 bits per heavy atom. The molecule has 0 aliphatic carbocycles. The number of ketones is 1. The molecule has 2 rings (SSSR count). The molecule has 19 heavy (non-hydrogen) atoms. The van der Waals surface area contributed by atoms with Crippen molar-refractivity contribution < 1.29 is 4.79 Å². The second-order valence-corrected chi connectivity index (χ2v) is 7.56. The van der Waals surface area contributed by atoms with Crippen molar-refractivity contribution in [2.45, 2.75) is 50.2 Å². The molecule has 1 aliphatic heterocycles. The molecular weight excluding hydrogens is 278 g/mol. The maximum absolute atomic E-state index is 12.5. The molecule has 2 heterocycles. The van der Waals surface area contributed by atoms with Gasteiger partial charge in [0.2, 0.25) is 0 Å². The summed E-state index contributed by atoms with van der Waals surface area (Å²) in [7, 11) is 0. The quantitative estimate of drug-likeness (QED) is 0.836. The molecule has 1 aromatic heterocycles. The van der Waals surface area contributed by atoms with E-state index >= 15 is 0 Å². The fraction of sp³-hybridized carbons (Fsp3) is 0.769. The van der Waals surface area contributed by atoms with Crippen molar-refractivity contribution in [1.82, 2.24) is 14.8 Å². The molecule has 4 nitrogen and oxygen atoms in total. The molecule has 6 heteroatoms. The van der Waals surface area contributed by atoms with E-state index in [9.17, 15) is 4.79 Å². The largest absolute Gasteiger partial charge is 0.298 e. The molecular formula is C13H21N3OS2. The Bertz CT molecular complexity index is 433. The highest BCUT2D eigenvalue weighted by molar-refractivity contribution is 8.07. The molecule has 0 aromatic carbocycles. The Balaban J connectivity index is 2.05. The molecule has 1 aliphatic rings. The lowest BCUT2D eigenvalue weighted by Crippen LogP contribution is -2.34. The van der Waals surface area contributed by atoms with Crippen LogP contribution in [-0.2, 0) is 11.2 Å². The van der Waals surface area contributed by atoms with Crippen molar-refractivity contribution in [2.75, 3.05) is 11.5 Å². The van der Waals surface area contributed by atoms with Crippen LogP contribution in [0.5, 0.6) is 0 Å². The van der Waals surface area contributed by atoms with Gasteiger partial charge >= 0.3 is 0 Å². The summed E-state index contributed by atoms with van der Waals surface area (Å²) < 4.78 is 1.85. The van der Waals surface area contributed by atoms with Crippen molar-refractivity contribution in [3.05, 3.63) is 12.2 Å². The highest BCUT2D eigenvalue weighted by Crippen LogP contribution is 2.34. The SMILES string of the molecule is CCC1SCCSC1C(=O)Cc1ncnn1C(C)C. The Hall–Kier alpha value is -0.490. The molecule has 2 atom stereocenters. The summed E-state index contributed by atoms with van der Waals surface area (Å²) in [4.78, 5) is 16.7. The number of carbonyl (C=O) groups is 1. The Morgan fingerprint density at radius 2 is 2.21 bits per heavy atom. The van der Waals surface area contributed by atoms with Gasteiger partial charge in [-0.05, 0) is 20.3 Å². The lowest BCUT2D eigenvalue weighted by molar-refractivity contribution is -0.118. The molecule has 2 unspecified atom stereocenters. The number of nitrogens with zero attached hydrogens (tertiary/aromatic N) is 3. The molecule has 0 amide bonds. The zero-order valence-electron chi connectivity index (χ0n) is 11.7. The van der Waals surface area contributed by atoms with Gasteiger partial charge in [-0.1, -0.05) is 6.92 Å². The predicted octanol–water partition coefficient (Wildman–Crippen LogP) is 2.60. The molecule has 1 aromatic rings. The maximum atomic E-state index is 12.5. The number of rotatable bonds is 5. The topological polar surface area (TPSA) is 47.8 Å². The highest BCUT2D eigenvalue weighted by atomic mass is 32.2. The zero-order chi connectivity index (χ0) is 13.8. The van der Waals surface area contributed by atoms with Crippen molar-refractivity contribution in [2.24, 2.45) is 0 Å². The van der Waals surface area contributed by atoms with Crippen molar-refractivity contribution in [1.29, 1.82) is 0 Å². The van der Waals surface area contributed by atoms with Crippen LogP contribution in [0, 0.1) is 0 Å². The summed E-state index contributed by atoms with van der Waals surface area (Å²) in [5.74, 6) is 3.34.